The number of pyridine rings is 1. The highest BCUT2D eigenvalue weighted by molar-refractivity contribution is 5.93. The molecular weight excluding hydrogens is 304 g/mol. The summed E-state index contributed by atoms with van der Waals surface area (Å²) in [6.07, 6.45) is 3.22. The van der Waals surface area contributed by atoms with Crippen molar-refractivity contribution < 1.29 is 14.3 Å². The molecule has 1 atom stereocenters. The first-order valence-electron chi connectivity index (χ1n) is 7.97. The highest BCUT2D eigenvalue weighted by Gasteiger charge is 2.19. The fraction of sp³-hybridized carbons (Fsp3) is 0.368. The number of amides is 1. The van der Waals surface area contributed by atoms with E-state index in [1.54, 1.807) is 38.7 Å². The van der Waals surface area contributed by atoms with E-state index < -0.39 is 0 Å². The van der Waals surface area contributed by atoms with Crippen LogP contribution in [-0.4, -0.2) is 31.7 Å². The molecule has 5 heteroatoms. The monoisotopic (exact) mass is 328 g/mol. The highest BCUT2D eigenvalue weighted by atomic mass is 16.5. The second kappa shape index (κ2) is 8.34. The summed E-state index contributed by atoms with van der Waals surface area (Å²) in [6.45, 7) is 4.82. The lowest BCUT2D eigenvalue weighted by Crippen LogP contribution is -2.30. The molecule has 24 heavy (non-hydrogen) atoms. The van der Waals surface area contributed by atoms with Gasteiger partial charge in [-0.15, -0.1) is 0 Å². The largest absolute Gasteiger partial charge is 0.493 e. The molecule has 0 bridgehead atoms. The molecule has 1 unspecified atom stereocenters. The first-order valence-corrected chi connectivity index (χ1v) is 7.97. The second-order valence-corrected chi connectivity index (χ2v) is 5.92. The van der Waals surface area contributed by atoms with Crippen LogP contribution in [0.15, 0.2) is 42.7 Å². The first-order chi connectivity index (χ1) is 11.6. The molecule has 0 aliphatic heterocycles. The van der Waals surface area contributed by atoms with E-state index in [1.165, 1.54) is 0 Å². The van der Waals surface area contributed by atoms with Gasteiger partial charge in [0.1, 0.15) is 0 Å². The zero-order valence-electron chi connectivity index (χ0n) is 14.6. The molecule has 1 aromatic heterocycles. The van der Waals surface area contributed by atoms with Crippen LogP contribution in [0.5, 0.6) is 11.5 Å². The number of hydrogen-bond donors (Lipinski definition) is 1. The number of carbonyl (C=O) groups is 1. The zero-order valence-corrected chi connectivity index (χ0v) is 14.6. The Morgan fingerprint density at radius 2 is 1.92 bits per heavy atom. The number of benzene rings is 1. The van der Waals surface area contributed by atoms with Crippen LogP contribution in [0, 0.1) is 5.92 Å². The minimum atomic E-state index is -0.116. The van der Waals surface area contributed by atoms with Crippen molar-refractivity contribution in [1.29, 1.82) is 0 Å². The summed E-state index contributed by atoms with van der Waals surface area (Å²) in [4.78, 5) is 16.2. The standard InChI is InChI=1S/C19H24N2O3/c1-13(2)16(12-21-19(22)15-6-5-9-20-11-15)14-7-8-17(23-3)18(10-14)24-4/h5-11,13,16H,12H2,1-4H3,(H,21,22). The van der Waals surface area contributed by atoms with Crippen molar-refractivity contribution in [1.82, 2.24) is 10.3 Å². The van der Waals surface area contributed by atoms with Gasteiger partial charge in [-0.3, -0.25) is 9.78 Å². The van der Waals surface area contributed by atoms with Crippen LogP contribution in [0.2, 0.25) is 0 Å². The Kier molecular flexibility index (Phi) is 6.18. The van der Waals surface area contributed by atoms with Crippen LogP contribution in [0.25, 0.3) is 0 Å². The molecule has 0 aliphatic rings. The van der Waals surface area contributed by atoms with Gasteiger partial charge in [0.15, 0.2) is 11.5 Å². The van der Waals surface area contributed by atoms with Crippen LogP contribution in [0.4, 0.5) is 0 Å². The smallest absolute Gasteiger partial charge is 0.252 e. The molecule has 2 rings (SSSR count). The summed E-state index contributed by atoms with van der Waals surface area (Å²) >= 11 is 0. The lowest BCUT2D eigenvalue weighted by atomic mass is 9.88. The molecule has 128 valence electrons. The Morgan fingerprint density at radius 3 is 2.50 bits per heavy atom. The van der Waals surface area contributed by atoms with E-state index in [0.29, 0.717) is 29.5 Å². The molecule has 0 aliphatic carbocycles. The Hall–Kier alpha value is -2.56. The number of rotatable bonds is 7. The van der Waals surface area contributed by atoms with E-state index in [0.717, 1.165) is 5.56 Å². The topological polar surface area (TPSA) is 60.5 Å². The molecule has 0 radical (unpaired) electrons. The van der Waals surface area contributed by atoms with E-state index in [9.17, 15) is 4.79 Å². The molecule has 1 amide bonds. The highest BCUT2D eigenvalue weighted by Crippen LogP contribution is 2.33. The quantitative estimate of drug-likeness (QED) is 0.847. The molecule has 5 nitrogen and oxygen atoms in total. The van der Waals surface area contributed by atoms with E-state index in [1.807, 2.05) is 18.2 Å². The van der Waals surface area contributed by atoms with Gasteiger partial charge in [0.2, 0.25) is 0 Å². The molecule has 2 aromatic rings. The van der Waals surface area contributed by atoms with Crippen LogP contribution < -0.4 is 14.8 Å². The number of nitrogens with one attached hydrogen (secondary N) is 1. The van der Waals surface area contributed by atoms with Crippen LogP contribution in [0.1, 0.15) is 35.7 Å². The zero-order chi connectivity index (χ0) is 17.5. The molecule has 1 heterocycles. The molecule has 0 fully saturated rings. The van der Waals surface area contributed by atoms with Gasteiger partial charge in [-0.05, 0) is 35.7 Å². The minimum Gasteiger partial charge on any atom is -0.493 e. The predicted molar refractivity (Wildman–Crippen MR) is 93.7 cm³/mol. The van der Waals surface area contributed by atoms with Gasteiger partial charge in [0.25, 0.3) is 5.91 Å². The third kappa shape index (κ3) is 4.25. The van der Waals surface area contributed by atoms with E-state index in [2.05, 4.69) is 24.1 Å². The van der Waals surface area contributed by atoms with Crippen molar-refractivity contribution in [2.45, 2.75) is 19.8 Å². The second-order valence-electron chi connectivity index (χ2n) is 5.92. The SMILES string of the molecule is COc1ccc(C(CNC(=O)c2cccnc2)C(C)C)cc1OC. The van der Waals surface area contributed by atoms with Crippen LogP contribution in [-0.2, 0) is 0 Å². The summed E-state index contributed by atoms with van der Waals surface area (Å²) in [5.74, 6) is 1.80. The molecule has 0 saturated carbocycles. The maximum Gasteiger partial charge on any atom is 0.252 e. The van der Waals surface area contributed by atoms with E-state index in [-0.39, 0.29) is 11.8 Å². The van der Waals surface area contributed by atoms with Crippen LogP contribution in [0.3, 0.4) is 0 Å². The van der Waals surface area contributed by atoms with Crippen molar-refractivity contribution in [2.24, 2.45) is 5.92 Å². The van der Waals surface area contributed by atoms with Crippen molar-refractivity contribution in [3.05, 3.63) is 53.9 Å². The third-order valence-electron chi connectivity index (χ3n) is 4.05. The summed E-state index contributed by atoms with van der Waals surface area (Å²) in [5.41, 5.74) is 1.67. The van der Waals surface area contributed by atoms with Gasteiger partial charge in [-0.25, -0.2) is 0 Å². The molecule has 1 aromatic carbocycles. The van der Waals surface area contributed by atoms with Gasteiger partial charge in [-0.2, -0.15) is 0 Å². The van der Waals surface area contributed by atoms with Crippen LogP contribution >= 0.6 is 0 Å². The van der Waals surface area contributed by atoms with Gasteiger partial charge in [-0.1, -0.05) is 19.9 Å². The molecule has 0 saturated heterocycles. The molecular formula is C19H24N2O3. The normalized spacial score (nSPS) is 11.9. The number of hydrogen-bond acceptors (Lipinski definition) is 4. The van der Waals surface area contributed by atoms with Gasteiger partial charge in [0, 0.05) is 24.9 Å². The van der Waals surface area contributed by atoms with Crippen molar-refractivity contribution in [3.63, 3.8) is 0 Å². The number of aromatic nitrogens is 1. The van der Waals surface area contributed by atoms with E-state index >= 15 is 0 Å². The maximum absolute atomic E-state index is 12.2. The van der Waals surface area contributed by atoms with Crippen molar-refractivity contribution >= 4 is 5.91 Å². The van der Waals surface area contributed by atoms with Gasteiger partial charge in [0.05, 0.1) is 19.8 Å². The predicted octanol–water partition coefficient (Wildman–Crippen LogP) is 3.27. The average Bonchev–Trinajstić information content (AvgIpc) is 2.61. The minimum absolute atomic E-state index is 0.116. The van der Waals surface area contributed by atoms with Crippen molar-refractivity contribution in [2.75, 3.05) is 20.8 Å². The van der Waals surface area contributed by atoms with Crippen molar-refractivity contribution in [3.8, 4) is 11.5 Å². The number of nitrogens with zero attached hydrogens (tertiary/aromatic N) is 1. The van der Waals surface area contributed by atoms with Gasteiger partial charge >= 0.3 is 0 Å². The molecule has 0 spiro atoms. The third-order valence-corrected chi connectivity index (χ3v) is 4.05. The van der Waals surface area contributed by atoms with Gasteiger partial charge < -0.3 is 14.8 Å². The Balaban J connectivity index is 2.14. The summed E-state index contributed by atoms with van der Waals surface area (Å²) < 4.78 is 10.7. The lowest BCUT2D eigenvalue weighted by Gasteiger charge is -2.23. The fourth-order valence-electron chi connectivity index (χ4n) is 2.62. The Labute approximate surface area is 143 Å². The Bertz CT molecular complexity index is 672. The maximum atomic E-state index is 12.2. The number of ether oxygens (including phenoxy) is 2. The fourth-order valence-corrected chi connectivity index (χ4v) is 2.62. The molecule has 1 N–H and O–H groups in total. The number of carbonyl (C=O) groups excluding carboxylic acids is 1. The average molecular weight is 328 g/mol. The summed E-state index contributed by atoms with van der Waals surface area (Å²) in [6, 6.07) is 9.39. The number of methoxy groups -OCH3 is 2. The Morgan fingerprint density at radius 1 is 1.17 bits per heavy atom. The first kappa shape index (κ1) is 17.8. The summed E-state index contributed by atoms with van der Waals surface area (Å²) in [7, 11) is 3.24. The van der Waals surface area contributed by atoms with E-state index in [4.69, 9.17) is 9.47 Å². The summed E-state index contributed by atoms with van der Waals surface area (Å²) in [5, 5.41) is 2.99. The lowest BCUT2D eigenvalue weighted by molar-refractivity contribution is 0.0948.